The van der Waals surface area contributed by atoms with Crippen LogP contribution in [0.2, 0.25) is 0 Å². The molecule has 1 amide bonds. The van der Waals surface area contributed by atoms with Gasteiger partial charge < -0.3 is 4.74 Å². The Morgan fingerprint density at radius 3 is 2.33 bits per heavy atom. The number of non-ortho nitro benzene ring substituents is 1. The summed E-state index contributed by atoms with van der Waals surface area (Å²) in [6.07, 6.45) is 1.08. The van der Waals surface area contributed by atoms with Gasteiger partial charge in [0.25, 0.3) is 5.69 Å². The molecule has 0 aliphatic carbocycles. The van der Waals surface area contributed by atoms with Crippen LogP contribution < -0.4 is 4.90 Å². The van der Waals surface area contributed by atoms with Crippen LogP contribution in [-0.2, 0) is 17.9 Å². The SMILES string of the molecule is O=C(OCc1ccccc1)N(Cc1ccccn1)c1ccc([N+](=O)[O-])cc1. The van der Waals surface area contributed by atoms with E-state index in [9.17, 15) is 14.9 Å². The Morgan fingerprint density at radius 1 is 1.00 bits per heavy atom. The van der Waals surface area contributed by atoms with Crippen molar-refractivity contribution in [3.05, 3.63) is 100 Å². The van der Waals surface area contributed by atoms with E-state index in [4.69, 9.17) is 4.74 Å². The van der Waals surface area contributed by atoms with Gasteiger partial charge in [-0.25, -0.2) is 4.79 Å². The zero-order valence-electron chi connectivity index (χ0n) is 14.4. The molecule has 0 radical (unpaired) electrons. The third-order valence-corrected chi connectivity index (χ3v) is 3.84. The fourth-order valence-corrected chi connectivity index (χ4v) is 2.47. The molecule has 0 bridgehead atoms. The number of rotatable bonds is 6. The highest BCUT2D eigenvalue weighted by molar-refractivity contribution is 5.87. The van der Waals surface area contributed by atoms with E-state index in [0.29, 0.717) is 11.4 Å². The van der Waals surface area contributed by atoms with Gasteiger partial charge in [0.1, 0.15) is 6.61 Å². The average molecular weight is 363 g/mol. The van der Waals surface area contributed by atoms with Gasteiger partial charge in [0.15, 0.2) is 0 Å². The zero-order chi connectivity index (χ0) is 19.1. The number of carbonyl (C=O) groups is 1. The Morgan fingerprint density at radius 2 is 1.70 bits per heavy atom. The van der Waals surface area contributed by atoms with Gasteiger partial charge in [-0.15, -0.1) is 0 Å². The van der Waals surface area contributed by atoms with E-state index in [0.717, 1.165) is 5.56 Å². The number of ether oxygens (including phenoxy) is 1. The van der Waals surface area contributed by atoms with Crippen molar-refractivity contribution in [2.45, 2.75) is 13.2 Å². The number of nitro benzene ring substituents is 1. The molecule has 0 aliphatic rings. The predicted molar refractivity (Wildman–Crippen MR) is 100 cm³/mol. The molecule has 2 aromatic carbocycles. The lowest BCUT2D eigenvalue weighted by Gasteiger charge is -2.22. The number of anilines is 1. The average Bonchev–Trinajstić information content (AvgIpc) is 2.72. The van der Waals surface area contributed by atoms with Gasteiger partial charge in [-0.1, -0.05) is 36.4 Å². The van der Waals surface area contributed by atoms with E-state index in [1.165, 1.54) is 29.2 Å². The minimum Gasteiger partial charge on any atom is -0.444 e. The lowest BCUT2D eigenvalue weighted by Crippen LogP contribution is -2.31. The Labute approximate surface area is 156 Å². The number of hydrogen-bond acceptors (Lipinski definition) is 5. The molecule has 0 fully saturated rings. The highest BCUT2D eigenvalue weighted by Crippen LogP contribution is 2.22. The summed E-state index contributed by atoms with van der Waals surface area (Å²) in [7, 11) is 0. The number of nitrogens with zero attached hydrogens (tertiary/aromatic N) is 3. The number of pyridine rings is 1. The normalized spacial score (nSPS) is 10.2. The largest absolute Gasteiger partial charge is 0.444 e. The lowest BCUT2D eigenvalue weighted by molar-refractivity contribution is -0.384. The molecule has 3 rings (SSSR count). The Kier molecular flexibility index (Phi) is 5.73. The first-order chi connectivity index (χ1) is 13.1. The number of nitro groups is 1. The molecule has 0 saturated carbocycles. The molecule has 1 heterocycles. The van der Waals surface area contributed by atoms with Crippen LogP contribution in [0.25, 0.3) is 0 Å². The zero-order valence-corrected chi connectivity index (χ0v) is 14.4. The summed E-state index contributed by atoms with van der Waals surface area (Å²) in [5.41, 5.74) is 1.98. The fourth-order valence-electron chi connectivity index (χ4n) is 2.47. The van der Waals surface area contributed by atoms with Crippen molar-refractivity contribution < 1.29 is 14.5 Å². The molecular formula is C20H17N3O4. The van der Waals surface area contributed by atoms with Crippen LogP contribution in [0.1, 0.15) is 11.3 Å². The van der Waals surface area contributed by atoms with E-state index >= 15 is 0 Å². The Hall–Kier alpha value is -3.74. The fraction of sp³-hybridized carbons (Fsp3) is 0.100. The Bertz CT molecular complexity index is 900. The minimum atomic E-state index is -0.557. The maximum atomic E-state index is 12.7. The van der Waals surface area contributed by atoms with E-state index in [1.807, 2.05) is 36.4 Å². The molecule has 0 spiro atoms. The second-order valence-corrected chi connectivity index (χ2v) is 5.72. The minimum absolute atomic E-state index is 0.0470. The summed E-state index contributed by atoms with van der Waals surface area (Å²) in [4.78, 5) is 28.7. The summed E-state index contributed by atoms with van der Waals surface area (Å²) in [5.74, 6) is 0. The second kappa shape index (κ2) is 8.57. The van der Waals surface area contributed by atoms with Crippen molar-refractivity contribution in [1.29, 1.82) is 0 Å². The Balaban J connectivity index is 1.80. The molecule has 136 valence electrons. The van der Waals surface area contributed by atoms with Crippen LogP contribution in [0.15, 0.2) is 79.0 Å². The van der Waals surface area contributed by atoms with Crippen LogP contribution in [0.4, 0.5) is 16.2 Å². The summed E-state index contributed by atoms with van der Waals surface area (Å²) in [5, 5.41) is 10.9. The number of hydrogen-bond donors (Lipinski definition) is 0. The summed E-state index contributed by atoms with van der Waals surface area (Å²) in [6.45, 7) is 0.317. The van der Waals surface area contributed by atoms with Crippen LogP contribution in [0, 0.1) is 10.1 Å². The van der Waals surface area contributed by atoms with Crippen molar-refractivity contribution in [3.8, 4) is 0 Å². The van der Waals surface area contributed by atoms with Crippen molar-refractivity contribution in [3.63, 3.8) is 0 Å². The molecular weight excluding hydrogens is 346 g/mol. The maximum absolute atomic E-state index is 12.7. The number of amides is 1. The van der Waals surface area contributed by atoms with Crippen molar-refractivity contribution in [2.24, 2.45) is 0 Å². The summed E-state index contributed by atoms with van der Waals surface area (Å²) >= 11 is 0. The molecule has 0 aliphatic heterocycles. The summed E-state index contributed by atoms with van der Waals surface area (Å²) in [6, 6.07) is 20.5. The third kappa shape index (κ3) is 4.88. The standard InChI is InChI=1S/C20H17N3O4/c24-20(27-15-16-6-2-1-3-7-16)22(14-17-8-4-5-13-21-17)18-9-11-19(12-10-18)23(25)26/h1-13H,14-15H2. The van der Waals surface area contributed by atoms with E-state index in [-0.39, 0.29) is 18.8 Å². The van der Waals surface area contributed by atoms with Crippen LogP contribution in [0.5, 0.6) is 0 Å². The first kappa shape index (κ1) is 18.1. The first-order valence-corrected chi connectivity index (χ1v) is 8.26. The van der Waals surface area contributed by atoms with Crippen molar-refractivity contribution >= 4 is 17.5 Å². The molecule has 0 saturated heterocycles. The van der Waals surface area contributed by atoms with Gasteiger partial charge in [0, 0.05) is 24.0 Å². The van der Waals surface area contributed by atoms with Crippen LogP contribution in [0.3, 0.4) is 0 Å². The monoisotopic (exact) mass is 363 g/mol. The van der Waals surface area contributed by atoms with Gasteiger partial charge in [0.2, 0.25) is 0 Å². The van der Waals surface area contributed by atoms with Gasteiger partial charge in [-0.05, 0) is 29.8 Å². The molecule has 7 nitrogen and oxygen atoms in total. The van der Waals surface area contributed by atoms with Crippen LogP contribution in [-0.4, -0.2) is 16.0 Å². The van der Waals surface area contributed by atoms with E-state index < -0.39 is 11.0 Å². The molecule has 7 heteroatoms. The molecule has 0 unspecified atom stereocenters. The van der Waals surface area contributed by atoms with E-state index in [1.54, 1.807) is 18.3 Å². The first-order valence-electron chi connectivity index (χ1n) is 8.26. The third-order valence-electron chi connectivity index (χ3n) is 3.84. The lowest BCUT2D eigenvalue weighted by atomic mass is 10.2. The number of benzene rings is 2. The number of aromatic nitrogens is 1. The maximum Gasteiger partial charge on any atom is 0.414 e. The quantitative estimate of drug-likeness (QED) is 0.480. The van der Waals surface area contributed by atoms with Gasteiger partial charge in [-0.2, -0.15) is 0 Å². The molecule has 0 N–H and O–H groups in total. The molecule has 3 aromatic rings. The molecule has 0 atom stereocenters. The highest BCUT2D eigenvalue weighted by atomic mass is 16.6. The van der Waals surface area contributed by atoms with Gasteiger partial charge in [0.05, 0.1) is 17.2 Å². The molecule has 1 aromatic heterocycles. The number of carbonyl (C=O) groups excluding carboxylic acids is 1. The van der Waals surface area contributed by atoms with Gasteiger partial charge in [-0.3, -0.25) is 20.0 Å². The van der Waals surface area contributed by atoms with Crippen molar-refractivity contribution in [2.75, 3.05) is 4.90 Å². The predicted octanol–water partition coefficient (Wildman–Crippen LogP) is 4.33. The van der Waals surface area contributed by atoms with E-state index in [2.05, 4.69) is 4.98 Å². The topological polar surface area (TPSA) is 85.6 Å². The summed E-state index contributed by atoms with van der Waals surface area (Å²) < 4.78 is 5.42. The smallest absolute Gasteiger partial charge is 0.414 e. The molecule has 27 heavy (non-hydrogen) atoms. The highest BCUT2D eigenvalue weighted by Gasteiger charge is 2.19. The second-order valence-electron chi connectivity index (χ2n) is 5.72. The van der Waals surface area contributed by atoms with Crippen LogP contribution >= 0.6 is 0 Å². The van der Waals surface area contributed by atoms with Gasteiger partial charge >= 0.3 is 6.09 Å². The van der Waals surface area contributed by atoms with Crippen molar-refractivity contribution in [1.82, 2.24) is 4.98 Å².